The second-order valence-corrected chi connectivity index (χ2v) is 4.53. The van der Waals surface area contributed by atoms with Gasteiger partial charge in [-0.05, 0) is 18.2 Å². The van der Waals surface area contributed by atoms with E-state index in [0.717, 1.165) is 4.47 Å². The third-order valence-electron chi connectivity index (χ3n) is 1.80. The lowest BCUT2D eigenvalue weighted by atomic mass is 10.2. The molecule has 0 aliphatic heterocycles. The minimum atomic E-state index is -0.227. The Balaban J connectivity index is 2.07. The molecule has 0 spiro atoms. The lowest BCUT2D eigenvalue weighted by Gasteiger charge is -2.04. The number of hydrogen-bond acceptors (Lipinski definition) is 4. The van der Waals surface area contributed by atoms with E-state index in [1.165, 1.54) is 23.9 Å². The molecule has 0 amide bonds. The predicted octanol–water partition coefficient (Wildman–Crippen LogP) is 3.05. The molecule has 0 unspecified atom stereocenters. The highest BCUT2D eigenvalue weighted by atomic mass is 79.9. The van der Waals surface area contributed by atoms with Crippen molar-refractivity contribution < 1.29 is 4.39 Å². The monoisotopic (exact) mass is 287 g/mol. The number of hydrogen-bond donors (Lipinski definition) is 1. The maximum absolute atomic E-state index is 13.3. The van der Waals surface area contributed by atoms with Crippen molar-refractivity contribution in [2.45, 2.75) is 6.54 Å². The van der Waals surface area contributed by atoms with Crippen molar-refractivity contribution in [2.24, 2.45) is 0 Å². The van der Waals surface area contributed by atoms with Crippen molar-refractivity contribution >= 4 is 32.6 Å². The lowest BCUT2D eigenvalue weighted by Crippen LogP contribution is -2.01. The Morgan fingerprint density at radius 1 is 1.47 bits per heavy atom. The van der Waals surface area contributed by atoms with Crippen LogP contribution in [0.3, 0.4) is 0 Å². The molecule has 0 fully saturated rings. The standard InChI is InChI=1S/C9H7BrFN3S/c10-7-1-2-8(11)6(3-7)4-12-9-13-5-14-15-9/h1-3,5H,4H2,(H,12,13,14). The zero-order valence-corrected chi connectivity index (χ0v) is 9.98. The molecule has 3 nitrogen and oxygen atoms in total. The predicted molar refractivity (Wildman–Crippen MR) is 61.3 cm³/mol. The number of aromatic nitrogens is 2. The molecule has 6 heteroatoms. The van der Waals surface area contributed by atoms with Gasteiger partial charge in [-0.15, -0.1) is 0 Å². The van der Waals surface area contributed by atoms with Gasteiger partial charge in [0.2, 0.25) is 5.13 Å². The van der Waals surface area contributed by atoms with Crippen molar-refractivity contribution in [3.63, 3.8) is 0 Å². The van der Waals surface area contributed by atoms with Crippen LogP contribution in [0.2, 0.25) is 0 Å². The molecule has 0 aliphatic carbocycles. The van der Waals surface area contributed by atoms with Crippen LogP contribution in [-0.4, -0.2) is 9.36 Å². The first-order valence-corrected chi connectivity index (χ1v) is 5.77. The zero-order chi connectivity index (χ0) is 10.7. The summed E-state index contributed by atoms with van der Waals surface area (Å²) < 4.78 is 18.0. The molecule has 0 saturated heterocycles. The topological polar surface area (TPSA) is 37.8 Å². The van der Waals surface area contributed by atoms with Crippen LogP contribution in [0, 0.1) is 5.82 Å². The zero-order valence-electron chi connectivity index (χ0n) is 7.58. The number of benzene rings is 1. The summed E-state index contributed by atoms with van der Waals surface area (Å²) in [5.74, 6) is -0.227. The second kappa shape index (κ2) is 4.67. The van der Waals surface area contributed by atoms with Crippen LogP contribution < -0.4 is 5.32 Å². The van der Waals surface area contributed by atoms with Gasteiger partial charge >= 0.3 is 0 Å². The molecule has 1 heterocycles. The van der Waals surface area contributed by atoms with Crippen LogP contribution >= 0.6 is 27.5 Å². The molecule has 78 valence electrons. The molecule has 15 heavy (non-hydrogen) atoms. The van der Waals surface area contributed by atoms with Gasteiger partial charge in [0.25, 0.3) is 0 Å². The van der Waals surface area contributed by atoms with E-state index < -0.39 is 0 Å². The van der Waals surface area contributed by atoms with Gasteiger partial charge in [0.1, 0.15) is 12.1 Å². The van der Waals surface area contributed by atoms with Gasteiger partial charge in [0.05, 0.1) is 0 Å². The first-order valence-electron chi connectivity index (χ1n) is 4.20. The Kier molecular flexibility index (Phi) is 3.27. The van der Waals surface area contributed by atoms with Crippen molar-refractivity contribution in [1.82, 2.24) is 9.36 Å². The summed E-state index contributed by atoms with van der Waals surface area (Å²) in [5.41, 5.74) is 0.597. The van der Waals surface area contributed by atoms with Crippen molar-refractivity contribution in [3.05, 3.63) is 40.4 Å². The molecule has 2 rings (SSSR count). The third-order valence-corrected chi connectivity index (χ3v) is 2.91. The molecule has 1 N–H and O–H groups in total. The molecule has 1 aromatic heterocycles. The largest absolute Gasteiger partial charge is 0.356 e. The van der Waals surface area contributed by atoms with Crippen LogP contribution in [0.15, 0.2) is 29.0 Å². The second-order valence-electron chi connectivity index (χ2n) is 2.84. The Bertz CT molecular complexity index is 447. The number of nitrogens with zero attached hydrogens (tertiary/aromatic N) is 2. The highest BCUT2D eigenvalue weighted by Gasteiger charge is 2.03. The molecule has 0 bridgehead atoms. The fraction of sp³-hybridized carbons (Fsp3) is 0.111. The van der Waals surface area contributed by atoms with Crippen LogP contribution in [0.25, 0.3) is 0 Å². The first-order chi connectivity index (χ1) is 7.25. The Labute approximate surface area is 98.7 Å². The van der Waals surface area contributed by atoms with E-state index in [1.807, 2.05) is 0 Å². The van der Waals surface area contributed by atoms with Crippen LogP contribution in [0.1, 0.15) is 5.56 Å². The van der Waals surface area contributed by atoms with E-state index in [-0.39, 0.29) is 5.82 Å². The maximum Gasteiger partial charge on any atom is 0.202 e. The third kappa shape index (κ3) is 2.73. The summed E-state index contributed by atoms with van der Waals surface area (Å²) in [5, 5.41) is 3.68. The quantitative estimate of drug-likeness (QED) is 0.943. The SMILES string of the molecule is Fc1ccc(Br)cc1CNc1ncns1. The summed E-state index contributed by atoms with van der Waals surface area (Å²) in [6.07, 6.45) is 1.46. The normalized spacial score (nSPS) is 10.3. The van der Waals surface area contributed by atoms with Gasteiger partial charge in [-0.2, -0.15) is 4.37 Å². The number of anilines is 1. The summed E-state index contributed by atoms with van der Waals surface area (Å²) >= 11 is 4.54. The number of rotatable bonds is 3. The van der Waals surface area contributed by atoms with Crippen LogP contribution in [-0.2, 0) is 6.54 Å². The average molecular weight is 288 g/mol. The Morgan fingerprint density at radius 2 is 2.33 bits per heavy atom. The molecule has 2 aromatic rings. The number of nitrogens with one attached hydrogen (secondary N) is 1. The van der Waals surface area contributed by atoms with Gasteiger partial charge in [-0.25, -0.2) is 9.37 Å². The molecular weight excluding hydrogens is 281 g/mol. The van der Waals surface area contributed by atoms with Crippen LogP contribution in [0.5, 0.6) is 0 Å². The smallest absolute Gasteiger partial charge is 0.202 e. The average Bonchev–Trinajstić information content (AvgIpc) is 2.72. The molecular formula is C9H7BrFN3S. The number of halogens is 2. The van der Waals surface area contributed by atoms with Crippen LogP contribution in [0.4, 0.5) is 9.52 Å². The Hall–Kier alpha value is -1.01. The molecule has 0 atom stereocenters. The van der Waals surface area contributed by atoms with Gasteiger partial charge in [-0.1, -0.05) is 15.9 Å². The van der Waals surface area contributed by atoms with E-state index >= 15 is 0 Å². The van der Waals surface area contributed by atoms with E-state index in [1.54, 1.807) is 12.1 Å². The van der Waals surface area contributed by atoms with E-state index in [9.17, 15) is 4.39 Å². The summed E-state index contributed by atoms with van der Waals surface area (Å²) in [4.78, 5) is 3.95. The fourth-order valence-corrected chi connectivity index (χ4v) is 1.93. The summed E-state index contributed by atoms with van der Waals surface area (Å²) in [7, 11) is 0. The molecule has 0 radical (unpaired) electrons. The van der Waals surface area contributed by atoms with Crippen molar-refractivity contribution in [3.8, 4) is 0 Å². The first kappa shape index (κ1) is 10.5. The minimum Gasteiger partial charge on any atom is -0.356 e. The van der Waals surface area contributed by atoms with Crippen molar-refractivity contribution in [2.75, 3.05) is 5.32 Å². The van der Waals surface area contributed by atoms with Gasteiger partial charge in [-0.3, -0.25) is 0 Å². The van der Waals surface area contributed by atoms with Gasteiger partial charge < -0.3 is 5.32 Å². The Morgan fingerprint density at radius 3 is 3.07 bits per heavy atom. The molecule has 0 aliphatic rings. The van der Waals surface area contributed by atoms with E-state index in [2.05, 4.69) is 30.6 Å². The highest BCUT2D eigenvalue weighted by Crippen LogP contribution is 2.17. The highest BCUT2D eigenvalue weighted by molar-refractivity contribution is 9.10. The van der Waals surface area contributed by atoms with Gasteiger partial charge in [0.15, 0.2) is 0 Å². The van der Waals surface area contributed by atoms with Gasteiger partial charge in [0, 0.05) is 28.1 Å². The van der Waals surface area contributed by atoms with E-state index in [0.29, 0.717) is 17.2 Å². The summed E-state index contributed by atoms with van der Waals surface area (Å²) in [6, 6.07) is 4.84. The summed E-state index contributed by atoms with van der Waals surface area (Å²) in [6.45, 7) is 0.403. The fourth-order valence-electron chi connectivity index (χ4n) is 1.10. The lowest BCUT2D eigenvalue weighted by molar-refractivity contribution is 0.612. The van der Waals surface area contributed by atoms with E-state index in [4.69, 9.17) is 0 Å². The van der Waals surface area contributed by atoms with Crippen molar-refractivity contribution in [1.29, 1.82) is 0 Å². The maximum atomic E-state index is 13.3. The molecule has 1 aromatic carbocycles. The molecule has 0 saturated carbocycles. The minimum absolute atomic E-state index is 0.227.